The average Bonchev–Trinajstić information content (AvgIpc) is 3.04. The van der Waals surface area contributed by atoms with Crippen LogP contribution in [0.25, 0.3) is 0 Å². The van der Waals surface area contributed by atoms with E-state index in [9.17, 15) is 9.59 Å². The van der Waals surface area contributed by atoms with Gasteiger partial charge in [-0.25, -0.2) is 0 Å². The summed E-state index contributed by atoms with van der Waals surface area (Å²) in [6, 6.07) is 0. The summed E-state index contributed by atoms with van der Waals surface area (Å²) in [6.07, 6.45) is 1.18. The van der Waals surface area contributed by atoms with Gasteiger partial charge < -0.3 is 15.1 Å². The molecule has 0 aromatic heterocycles. The van der Waals surface area contributed by atoms with Gasteiger partial charge in [-0.3, -0.25) is 9.59 Å². The molecule has 0 spiro atoms. The first-order valence-electron chi connectivity index (χ1n) is 6.34. The zero-order chi connectivity index (χ0) is 12.4. The van der Waals surface area contributed by atoms with Gasteiger partial charge in [0.2, 0.25) is 0 Å². The molecule has 2 aliphatic rings. The smallest absolute Gasteiger partial charge is 0.312 e. The van der Waals surface area contributed by atoms with Gasteiger partial charge in [-0.15, -0.1) is 0 Å². The highest BCUT2D eigenvalue weighted by Crippen LogP contribution is 2.37. The molecule has 1 saturated carbocycles. The van der Waals surface area contributed by atoms with E-state index in [2.05, 4.69) is 12.2 Å². The molecule has 96 valence electrons. The molecule has 2 amide bonds. The molecule has 5 nitrogen and oxygen atoms in total. The van der Waals surface area contributed by atoms with E-state index in [4.69, 9.17) is 0 Å². The van der Waals surface area contributed by atoms with Gasteiger partial charge in [0.1, 0.15) is 0 Å². The second-order valence-corrected chi connectivity index (χ2v) is 5.20. The first kappa shape index (κ1) is 12.4. The number of piperazine rings is 1. The molecule has 1 aliphatic carbocycles. The lowest BCUT2D eigenvalue weighted by molar-refractivity contribution is -0.151. The van der Waals surface area contributed by atoms with Crippen molar-refractivity contribution in [2.24, 2.45) is 11.8 Å². The topological polar surface area (TPSA) is 52.7 Å². The predicted octanol–water partition coefficient (Wildman–Crippen LogP) is -0.467. The van der Waals surface area contributed by atoms with Crippen molar-refractivity contribution in [2.75, 3.05) is 39.8 Å². The summed E-state index contributed by atoms with van der Waals surface area (Å²) in [7, 11) is 1.73. The fraction of sp³-hybridized carbons (Fsp3) is 0.833. The van der Waals surface area contributed by atoms with Crippen molar-refractivity contribution in [3.8, 4) is 0 Å². The number of carbonyl (C=O) groups excluding carboxylic acids is 2. The number of likely N-dealkylation sites (N-methyl/N-ethyl adjacent to an activating group) is 1. The molecular weight excluding hydrogens is 218 g/mol. The molecule has 1 heterocycles. The highest BCUT2D eigenvalue weighted by molar-refractivity contribution is 6.34. The molecule has 1 aliphatic heterocycles. The fourth-order valence-corrected chi connectivity index (χ4v) is 2.25. The molecule has 2 rings (SSSR count). The van der Waals surface area contributed by atoms with E-state index < -0.39 is 0 Å². The first-order chi connectivity index (χ1) is 8.09. The average molecular weight is 239 g/mol. The third-order valence-electron chi connectivity index (χ3n) is 3.72. The number of hydrogen-bond acceptors (Lipinski definition) is 3. The summed E-state index contributed by atoms with van der Waals surface area (Å²) < 4.78 is 0. The molecule has 0 aromatic carbocycles. The van der Waals surface area contributed by atoms with Crippen molar-refractivity contribution in [1.29, 1.82) is 0 Å². The maximum absolute atomic E-state index is 11.9. The van der Waals surface area contributed by atoms with Crippen LogP contribution < -0.4 is 5.32 Å². The number of hydrogen-bond donors (Lipinski definition) is 1. The van der Waals surface area contributed by atoms with Gasteiger partial charge in [-0.2, -0.15) is 0 Å². The van der Waals surface area contributed by atoms with Crippen molar-refractivity contribution in [3.63, 3.8) is 0 Å². The second kappa shape index (κ2) is 5.04. The Morgan fingerprint density at radius 1 is 1.35 bits per heavy atom. The third-order valence-corrected chi connectivity index (χ3v) is 3.72. The Labute approximate surface area is 102 Å². The minimum absolute atomic E-state index is 0.345. The minimum atomic E-state index is -0.356. The SMILES string of the molecule is CC1CC1CN(C)C(=O)C(=O)N1CCNCC1. The Morgan fingerprint density at radius 3 is 2.47 bits per heavy atom. The Morgan fingerprint density at radius 2 is 1.94 bits per heavy atom. The molecule has 0 aromatic rings. The monoisotopic (exact) mass is 239 g/mol. The van der Waals surface area contributed by atoms with Crippen molar-refractivity contribution in [1.82, 2.24) is 15.1 Å². The van der Waals surface area contributed by atoms with Crippen LogP contribution in [-0.4, -0.2) is 61.4 Å². The number of amides is 2. The molecule has 1 N–H and O–H groups in total. The van der Waals surface area contributed by atoms with E-state index in [1.165, 1.54) is 6.42 Å². The van der Waals surface area contributed by atoms with Crippen LogP contribution in [0.2, 0.25) is 0 Å². The molecule has 0 radical (unpaired) electrons. The van der Waals surface area contributed by atoms with Crippen LogP contribution in [0.3, 0.4) is 0 Å². The lowest BCUT2D eigenvalue weighted by Gasteiger charge is -2.28. The lowest BCUT2D eigenvalue weighted by Crippen LogP contribution is -2.51. The van der Waals surface area contributed by atoms with Gasteiger partial charge in [-0.1, -0.05) is 6.92 Å². The molecule has 5 heteroatoms. The molecule has 2 fully saturated rings. The minimum Gasteiger partial charge on any atom is -0.337 e. The van der Waals surface area contributed by atoms with Gasteiger partial charge in [0.05, 0.1) is 0 Å². The van der Waals surface area contributed by atoms with Gasteiger partial charge in [-0.05, 0) is 18.3 Å². The van der Waals surface area contributed by atoms with Crippen molar-refractivity contribution >= 4 is 11.8 Å². The largest absolute Gasteiger partial charge is 0.337 e. The molecule has 2 atom stereocenters. The van der Waals surface area contributed by atoms with Crippen LogP contribution in [0.15, 0.2) is 0 Å². The van der Waals surface area contributed by atoms with Crippen LogP contribution in [0.5, 0.6) is 0 Å². The molecule has 0 bridgehead atoms. The normalized spacial score (nSPS) is 27.8. The summed E-state index contributed by atoms with van der Waals surface area (Å²) in [5, 5.41) is 3.17. The predicted molar refractivity (Wildman–Crippen MR) is 64.4 cm³/mol. The van der Waals surface area contributed by atoms with Crippen LogP contribution >= 0.6 is 0 Å². The Bertz CT molecular complexity index is 313. The summed E-state index contributed by atoms with van der Waals surface area (Å²) in [5.41, 5.74) is 0. The Hall–Kier alpha value is -1.10. The van der Waals surface area contributed by atoms with Crippen LogP contribution in [0.1, 0.15) is 13.3 Å². The van der Waals surface area contributed by atoms with E-state index >= 15 is 0 Å². The number of nitrogens with zero attached hydrogens (tertiary/aromatic N) is 2. The summed E-state index contributed by atoms with van der Waals surface area (Å²) >= 11 is 0. The number of carbonyl (C=O) groups is 2. The standard InChI is InChI=1S/C12H21N3O2/c1-9-7-10(9)8-14(2)11(16)12(17)15-5-3-13-4-6-15/h9-10,13H,3-8H2,1-2H3. The number of nitrogens with one attached hydrogen (secondary N) is 1. The lowest BCUT2D eigenvalue weighted by atomic mass is 10.3. The van der Waals surface area contributed by atoms with E-state index in [0.29, 0.717) is 24.9 Å². The molecule has 17 heavy (non-hydrogen) atoms. The van der Waals surface area contributed by atoms with Gasteiger partial charge in [0, 0.05) is 39.8 Å². The molecular formula is C12H21N3O2. The van der Waals surface area contributed by atoms with Crippen LogP contribution in [0, 0.1) is 11.8 Å². The van der Waals surface area contributed by atoms with Gasteiger partial charge >= 0.3 is 11.8 Å². The summed E-state index contributed by atoms with van der Waals surface area (Å²) in [6.45, 7) is 5.74. The summed E-state index contributed by atoms with van der Waals surface area (Å²) in [4.78, 5) is 27.1. The van der Waals surface area contributed by atoms with Crippen molar-refractivity contribution in [2.45, 2.75) is 13.3 Å². The van der Waals surface area contributed by atoms with Crippen LogP contribution in [-0.2, 0) is 9.59 Å². The van der Waals surface area contributed by atoms with E-state index in [0.717, 1.165) is 19.6 Å². The maximum Gasteiger partial charge on any atom is 0.312 e. The quantitative estimate of drug-likeness (QED) is 0.663. The van der Waals surface area contributed by atoms with E-state index in [1.807, 2.05) is 0 Å². The van der Waals surface area contributed by atoms with Gasteiger partial charge in [0.25, 0.3) is 0 Å². The van der Waals surface area contributed by atoms with Crippen molar-refractivity contribution in [3.05, 3.63) is 0 Å². The zero-order valence-electron chi connectivity index (χ0n) is 10.6. The Kier molecular flexibility index (Phi) is 3.66. The highest BCUT2D eigenvalue weighted by Gasteiger charge is 2.36. The van der Waals surface area contributed by atoms with Crippen molar-refractivity contribution < 1.29 is 9.59 Å². The summed E-state index contributed by atoms with van der Waals surface area (Å²) in [5.74, 6) is 0.604. The first-order valence-corrected chi connectivity index (χ1v) is 6.34. The fourth-order valence-electron chi connectivity index (χ4n) is 2.25. The zero-order valence-corrected chi connectivity index (χ0v) is 10.6. The molecule has 1 saturated heterocycles. The second-order valence-electron chi connectivity index (χ2n) is 5.20. The molecule has 2 unspecified atom stereocenters. The van der Waals surface area contributed by atoms with Crippen LogP contribution in [0.4, 0.5) is 0 Å². The Balaban J connectivity index is 1.82. The third kappa shape index (κ3) is 2.97. The van der Waals surface area contributed by atoms with E-state index in [-0.39, 0.29) is 11.8 Å². The van der Waals surface area contributed by atoms with E-state index in [1.54, 1.807) is 16.8 Å². The highest BCUT2D eigenvalue weighted by atomic mass is 16.2. The maximum atomic E-state index is 11.9. The number of rotatable bonds is 2. The van der Waals surface area contributed by atoms with Gasteiger partial charge in [0.15, 0.2) is 0 Å².